The minimum absolute atomic E-state index is 0.588. The normalized spacial score (nSPS) is 11.8. The second-order valence-corrected chi connectivity index (χ2v) is 22.3. The van der Waals surface area contributed by atoms with Gasteiger partial charge in [-0.2, -0.15) is 0 Å². The van der Waals surface area contributed by atoms with E-state index in [2.05, 4.69) is 337 Å². The van der Waals surface area contributed by atoms with Gasteiger partial charge in [-0.25, -0.2) is 0 Å². The van der Waals surface area contributed by atoms with Gasteiger partial charge in [-0.15, -0.1) is 0 Å². The summed E-state index contributed by atoms with van der Waals surface area (Å²) in [4.78, 5) is 4.82. The van der Waals surface area contributed by atoms with Gasteiger partial charge in [-0.1, -0.05) is 194 Å². The molecule has 17 rings (SSSR count). The molecular weight excluding hydrogens is 1060 g/mol. The van der Waals surface area contributed by atoms with Crippen LogP contribution in [0.25, 0.3) is 110 Å². The van der Waals surface area contributed by atoms with E-state index in [9.17, 15) is 0 Å². The van der Waals surface area contributed by atoms with Crippen molar-refractivity contribution in [2.24, 2.45) is 0 Å². The molecule has 13 aromatic carbocycles. The summed E-state index contributed by atoms with van der Waals surface area (Å²) >= 11 is 7.81. The van der Waals surface area contributed by atoms with Gasteiger partial charge in [0.25, 0.3) is 0 Å². The van der Waals surface area contributed by atoms with Crippen molar-refractivity contribution >= 4 is 133 Å². The predicted octanol–water partition coefficient (Wildman–Crippen LogP) is 21.7. The predicted molar refractivity (Wildman–Crippen MR) is 358 cm³/mol. The monoisotopic (exact) mass is 1110 g/mol. The van der Waals surface area contributed by atoms with E-state index >= 15 is 0 Å². The summed E-state index contributed by atoms with van der Waals surface area (Å²) < 4.78 is 9.64. The molecule has 85 heavy (non-hydrogen) atoms. The minimum Gasteiger partial charge on any atom is -0.309 e. The van der Waals surface area contributed by atoms with E-state index in [1.807, 2.05) is 0 Å². The van der Waals surface area contributed by atoms with E-state index < -0.39 is 0 Å². The van der Waals surface area contributed by atoms with E-state index in [-0.39, 0.29) is 0 Å². The van der Waals surface area contributed by atoms with Gasteiger partial charge in [0.2, 0.25) is 0 Å². The third kappa shape index (κ3) is 7.66. The summed E-state index contributed by atoms with van der Waals surface area (Å²) in [6, 6.07) is 112. The number of anilines is 6. The van der Waals surface area contributed by atoms with Gasteiger partial charge >= 0.3 is 0 Å². The molecule has 17 aromatic rings. The summed E-state index contributed by atoms with van der Waals surface area (Å²) in [5, 5.41) is 10.1. The molecule has 0 aliphatic rings. The SMILES string of the molecule is Clc1cc(N(c2ccc3c4ccccc4n(-c4ccccc4)c3c2)c2ccccc2-n2c3ccccc3c3ccccc32)cc(N(c2ccc3c4ccccc4n(-c4ccccc4)c3c2)c2ccccc2-n2c3ccccc3c3ccccc32)c1. The van der Waals surface area contributed by atoms with E-state index in [0.29, 0.717) is 5.02 Å². The Labute approximate surface area is 495 Å². The lowest BCUT2D eigenvalue weighted by atomic mass is 10.1. The molecule has 4 aromatic heterocycles. The van der Waals surface area contributed by atoms with Gasteiger partial charge < -0.3 is 28.1 Å². The number of para-hydroxylation sites is 12. The zero-order valence-corrected chi connectivity index (χ0v) is 46.8. The zero-order valence-electron chi connectivity index (χ0n) is 46.0. The van der Waals surface area contributed by atoms with Crippen LogP contribution >= 0.6 is 11.6 Å². The number of rotatable bonds is 10. The van der Waals surface area contributed by atoms with Crippen molar-refractivity contribution in [2.75, 3.05) is 9.80 Å². The van der Waals surface area contributed by atoms with Crippen LogP contribution in [0.4, 0.5) is 34.1 Å². The molecule has 4 heterocycles. The number of aromatic nitrogens is 4. The van der Waals surface area contributed by atoms with Crippen molar-refractivity contribution in [2.45, 2.75) is 0 Å². The Morgan fingerprint density at radius 3 is 0.847 bits per heavy atom. The fourth-order valence-electron chi connectivity index (χ4n) is 13.6. The first-order valence-corrected chi connectivity index (χ1v) is 29.2. The van der Waals surface area contributed by atoms with Crippen LogP contribution in [-0.4, -0.2) is 18.3 Å². The molecule has 0 saturated carbocycles. The molecule has 400 valence electrons. The highest BCUT2D eigenvalue weighted by molar-refractivity contribution is 6.31. The van der Waals surface area contributed by atoms with Gasteiger partial charge in [0, 0.05) is 82.2 Å². The molecule has 0 fully saturated rings. The molecule has 0 saturated heterocycles. The smallest absolute Gasteiger partial charge is 0.0702 e. The number of benzene rings is 13. The average molecular weight is 1110 g/mol. The van der Waals surface area contributed by atoms with Crippen LogP contribution < -0.4 is 9.80 Å². The molecule has 0 N–H and O–H groups in total. The van der Waals surface area contributed by atoms with Gasteiger partial charge in [0.15, 0.2) is 0 Å². The second kappa shape index (κ2) is 19.6. The van der Waals surface area contributed by atoms with E-state index in [4.69, 9.17) is 11.6 Å². The topological polar surface area (TPSA) is 26.2 Å². The molecule has 0 amide bonds. The Bertz CT molecular complexity index is 5030. The molecule has 0 spiro atoms. The fraction of sp³-hybridized carbons (Fsp3) is 0. The fourth-order valence-corrected chi connectivity index (χ4v) is 13.9. The van der Waals surface area contributed by atoms with Crippen LogP contribution in [0.5, 0.6) is 0 Å². The van der Waals surface area contributed by atoms with Gasteiger partial charge in [-0.3, -0.25) is 0 Å². The molecule has 0 bridgehead atoms. The van der Waals surface area contributed by atoms with E-state index in [1.54, 1.807) is 0 Å². The summed E-state index contributed by atoms with van der Waals surface area (Å²) in [6.07, 6.45) is 0. The first kappa shape index (κ1) is 48.6. The highest BCUT2D eigenvalue weighted by Gasteiger charge is 2.27. The van der Waals surface area contributed by atoms with Crippen LogP contribution in [0.1, 0.15) is 0 Å². The lowest BCUT2D eigenvalue weighted by Crippen LogP contribution is -2.16. The Morgan fingerprint density at radius 2 is 0.494 bits per heavy atom. The second-order valence-electron chi connectivity index (χ2n) is 21.8. The lowest BCUT2D eigenvalue weighted by molar-refractivity contribution is 1.14. The molecule has 0 radical (unpaired) electrons. The quantitative estimate of drug-likeness (QED) is 0.136. The number of fused-ring (bicyclic) bond motifs is 12. The van der Waals surface area contributed by atoms with Crippen LogP contribution in [0.2, 0.25) is 5.02 Å². The summed E-state index contributed by atoms with van der Waals surface area (Å²) in [5.41, 5.74) is 18.9. The summed E-state index contributed by atoms with van der Waals surface area (Å²) in [6.45, 7) is 0. The van der Waals surface area contributed by atoms with Crippen molar-refractivity contribution in [3.8, 4) is 22.7 Å². The first-order valence-electron chi connectivity index (χ1n) is 28.9. The molecule has 0 atom stereocenters. The van der Waals surface area contributed by atoms with Crippen molar-refractivity contribution in [3.63, 3.8) is 0 Å². The van der Waals surface area contributed by atoms with Crippen molar-refractivity contribution in [3.05, 3.63) is 314 Å². The number of hydrogen-bond donors (Lipinski definition) is 0. The van der Waals surface area contributed by atoms with E-state index in [1.165, 1.54) is 43.1 Å². The average Bonchev–Trinajstić information content (AvgIpc) is 2.24. The molecule has 0 aliphatic carbocycles. The Kier molecular flexibility index (Phi) is 11.2. The van der Waals surface area contributed by atoms with Gasteiger partial charge in [0.1, 0.15) is 0 Å². The lowest BCUT2D eigenvalue weighted by Gasteiger charge is -2.32. The van der Waals surface area contributed by atoms with E-state index in [0.717, 1.165) is 101 Å². The third-order valence-corrected chi connectivity index (χ3v) is 17.3. The Morgan fingerprint density at radius 1 is 0.212 bits per heavy atom. The maximum atomic E-state index is 7.81. The molecule has 0 aliphatic heterocycles. The Hall–Kier alpha value is -11.1. The summed E-state index contributed by atoms with van der Waals surface area (Å²) in [7, 11) is 0. The van der Waals surface area contributed by atoms with Crippen LogP contribution in [0.3, 0.4) is 0 Å². The molecule has 6 nitrogen and oxygen atoms in total. The number of nitrogens with zero attached hydrogens (tertiary/aromatic N) is 6. The first-order chi connectivity index (χ1) is 42.1. The maximum Gasteiger partial charge on any atom is 0.0702 e. The van der Waals surface area contributed by atoms with Gasteiger partial charge in [0.05, 0.1) is 66.9 Å². The molecular formula is C78H51ClN6. The number of halogens is 1. The maximum absolute atomic E-state index is 7.81. The largest absolute Gasteiger partial charge is 0.309 e. The third-order valence-electron chi connectivity index (χ3n) is 17.1. The summed E-state index contributed by atoms with van der Waals surface area (Å²) in [5.74, 6) is 0. The highest BCUT2D eigenvalue weighted by atomic mass is 35.5. The van der Waals surface area contributed by atoms with Crippen molar-refractivity contribution < 1.29 is 0 Å². The number of hydrogen-bond acceptors (Lipinski definition) is 2. The standard InChI is InChI=1S/C78H51ClN6/c79-52-47-57(80(55-43-45-65-63-31-7-13-33-67(63)82(77(65)50-55)53-23-3-1-4-24-53)73-39-19-21-41-75(73)84-69-35-15-9-27-59(69)60-28-10-16-36-70(60)84)49-58(48-52)81(56-44-46-66-64-32-8-14-34-68(64)83(78(66)51-56)54-25-5-2-6-26-54)74-40-20-22-42-76(74)85-71-37-17-11-29-61(71)62-30-12-18-38-72(62)85/h1-51H. The van der Waals surface area contributed by atoms with Crippen LogP contribution in [-0.2, 0) is 0 Å². The van der Waals surface area contributed by atoms with Crippen LogP contribution in [0.15, 0.2) is 309 Å². The Balaban J connectivity index is 0.961. The van der Waals surface area contributed by atoms with Gasteiger partial charge in [-0.05, 0) is 127 Å². The molecule has 0 unspecified atom stereocenters. The molecule has 7 heteroatoms. The zero-order chi connectivity index (χ0) is 56.1. The highest BCUT2D eigenvalue weighted by Crippen LogP contribution is 2.49. The van der Waals surface area contributed by atoms with Crippen molar-refractivity contribution in [1.82, 2.24) is 18.3 Å². The van der Waals surface area contributed by atoms with Crippen molar-refractivity contribution in [1.29, 1.82) is 0 Å². The van der Waals surface area contributed by atoms with Crippen LogP contribution in [0, 0.1) is 0 Å². The minimum atomic E-state index is 0.588.